The Bertz CT molecular complexity index is 332. The summed E-state index contributed by atoms with van der Waals surface area (Å²) in [6.07, 6.45) is 1.67. The fourth-order valence-electron chi connectivity index (χ4n) is 3.30. The third kappa shape index (κ3) is 4.92. The molecule has 2 aliphatic rings. The predicted molar refractivity (Wildman–Crippen MR) is 83.1 cm³/mol. The van der Waals surface area contributed by atoms with Crippen molar-refractivity contribution in [1.82, 2.24) is 15.1 Å². The maximum atomic E-state index is 11.9. The first-order valence-electron chi connectivity index (χ1n) is 8.15. The molecule has 2 fully saturated rings. The Hall–Kier alpha value is -0.690. The minimum Gasteiger partial charge on any atom is -0.379 e. The van der Waals surface area contributed by atoms with Gasteiger partial charge in [-0.05, 0) is 20.3 Å². The van der Waals surface area contributed by atoms with Crippen molar-refractivity contribution >= 4 is 5.91 Å². The molecule has 0 aromatic carbocycles. The van der Waals surface area contributed by atoms with E-state index in [1.54, 1.807) is 0 Å². The summed E-state index contributed by atoms with van der Waals surface area (Å²) in [6.45, 7) is 10.3. The maximum Gasteiger partial charge on any atom is 0.221 e. The molecule has 122 valence electrons. The monoisotopic (exact) mass is 298 g/mol. The van der Waals surface area contributed by atoms with Crippen LogP contribution >= 0.6 is 0 Å². The van der Waals surface area contributed by atoms with Gasteiger partial charge in [0.1, 0.15) is 0 Å². The highest BCUT2D eigenvalue weighted by Gasteiger charge is 2.32. The summed E-state index contributed by atoms with van der Waals surface area (Å²) in [5.41, 5.74) is 5.90. The molecular weight excluding hydrogens is 268 g/mol. The van der Waals surface area contributed by atoms with E-state index in [1.807, 2.05) is 13.8 Å². The molecule has 6 heteroatoms. The number of carbonyl (C=O) groups is 1. The fraction of sp³-hybridized carbons (Fsp3) is 0.933. The number of hydrogen-bond donors (Lipinski definition) is 2. The first-order valence-corrected chi connectivity index (χ1v) is 8.15. The summed E-state index contributed by atoms with van der Waals surface area (Å²) in [5.74, 6) is 0.107. The number of rotatable bonds is 6. The van der Waals surface area contributed by atoms with Crippen LogP contribution in [0.15, 0.2) is 0 Å². The number of hydrogen-bond acceptors (Lipinski definition) is 5. The van der Waals surface area contributed by atoms with Gasteiger partial charge in [0.2, 0.25) is 5.91 Å². The maximum absolute atomic E-state index is 11.9. The van der Waals surface area contributed by atoms with Gasteiger partial charge in [0, 0.05) is 57.3 Å². The molecule has 0 saturated carbocycles. The van der Waals surface area contributed by atoms with E-state index in [0.29, 0.717) is 19.0 Å². The van der Waals surface area contributed by atoms with E-state index < -0.39 is 0 Å². The van der Waals surface area contributed by atoms with Crippen LogP contribution in [0.2, 0.25) is 0 Å². The molecule has 2 heterocycles. The average molecular weight is 298 g/mol. The minimum absolute atomic E-state index is 0.107. The highest BCUT2D eigenvalue weighted by atomic mass is 16.5. The topological polar surface area (TPSA) is 70.8 Å². The highest BCUT2D eigenvalue weighted by molar-refractivity contribution is 5.76. The lowest BCUT2D eigenvalue weighted by atomic mass is 10.1. The molecule has 2 rings (SSSR count). The van der Waals surface area contributed by atoms with Gasteiger partial charge in [-0.2, -0.15) is 0 Å². The van der Waals surface area contributed by atoms with Crippen molar-refractivity contribution in [2.75, 3.05) is 45.9 Å². The van der Waals surface area contributed by atoms with Crippen LogP contribution < -0.4 is 11.1 Å². The zero-order valence-corrected chi connectivity index (χ0v) is 13.4. The third-order valence-electron chi connectivity index (χ3n) is 4.42. The fourth-order valence-corrected chi connectivity index (χ4v) is 3.30. The molecule has 0 bridgehead atoms. The predicted octanol–water partition coefficient (Wildman–Crippen LogP) is -0.365. The van der Waals surface area contributed by atoms with Crippen molar-refractivity contribution in [3.8, 4) is 0 Å². The number of amides is 1. The van der Waals surface area contributed by atoms with Crippen molar-refractivity contribution in [1.29, 1.82) is 0 Å². The van der Waals surface area contributed by atoms with Gasteiger partial charge in [-0.1, -0.05) is 0 Å². The molecule has 0 radical (unpaired) electrons. The smallest absolute Gasteiger partial charge is 0.221 e. The Morgan fingerprint density at radius 2 is 2.05 bits per heavy atom. The summed E-state index contributed by atoms with van der Waals surface area (Å²) in [6, 6.07) is 0.946. The summed E-state index contributed by atoms with van der Waals surface area (Å²) in [5, 5.41) is 2.96. The lowest BCUT2D eigenvalue weighted by molar-refractivity contribution is -0.122. The SMILES string of the molecule is CC(C)NC(=O)CC(CN)N1CCC(N2CCOCC2)C1. The van der Waals surface area contributed by atoms with Gasteiger partial charge in [0.15, 0.2) is 0 Å². The van der Waals surface area contributed by atoms with Gasteiger partial charge in [0.25, 0.3) is 0 Å². The van der Waals surface area contributed by atoms with Gasteiger partial charge < -0.3 is 15.8 Å². The minimum atomic E-state index is 0.107. The molecule has 2 atom stereocenters. The molecule has 21 heavy (non-hydrogen) atoms. The lowest BCUT2D eigenvalue weighted by Crippen LogP contribution is -2.47. The van der Waals surface area contributed by atoms with Crippen LogP contribution in [0.25, 0.3) is 0 Å². The molecule has 6 nitrogen and oxygen atoms in total. The summed E-state index contributed by atoms with van der Waals surface area (Å²) in [7, 11) is 0. The molecule has 2 aliphatic heterocycles. The quantitative estimate of drug-likeness (QED) is 0.700. The van der Waals surface area contributed by atoms with Crippen LogP contribution in [0, 0.1) is 0 Å². The number of carbonyl (C=O) groups excluding carboxylic acids is 1. The van der Waals surface area contributed by atoms with Gasteiger partial charge in [-0.25, -0.2) is 0 Å². The zero-order chi connectivity index (χ0) is 15.2. The second-order valence-corrected chi connectivity index (χ2v) is 6.40. The molecule has 1 amide bonds. The summed E-state index contributed by atoms with van der Waals surface area (Å²) >= 11 is 0. The molecule has 2 saturated heterocycles. The Morgan fingerprint density at radius 1 is 1.33 bits per heavy atom. The van der Waals surface area contributed by atoms with Crippen molar-refractivity contribution < 1.29 is 9.53 Å². The molecule has 0 aliphatic carbocycles. The zero-order valence-electron chi connectivity index (χ0n) is 13.4. The van der Waals surface area contributed by atoms with E-state index in [2.05, 4.69) is 15.1 Å². The van der Waals surface area contributed by atoms with Crippen LogP contribution in [-0.2, 0) is 9.53 Å². The van der Waals surface area contributed by atoms with Crippen LogP contribution in [0.1, 0.15) is 26.7 Å². The molecule has 0 spiro atoms. The first kappa shape index (κ1) is 16.7. The van der Waals surface area contributed by atoms with Crippen LogP contribution in [0.3, 0.4) is 0 Å². The Balaban J connectivity index is 1.81. The molecule has 0 aromatic rings. The van der Waals surface area contributed by atoms with E-state index in [1.165, 1.54) is 6.42 Å². The van der Waals surface area contributed by atoms with E-state index >= 15 is 0 Å². The number of morpholine rings is 1. The van der Waals surface area contributed by atoms with Gasteiger partial charge in [-0.3, -0.25) is 14.6 Å². The molecule has 0 aromatic heterocycles. The third-order valence-corrected chi connectivity index (χ3v) is 4.42. The standard InChI is InChI=1S/C15H30N4O2/c1-12(2)17-15(20)9-14(10-16)19-4-3-13(11-19)18-5-7-21-8-6-18/h12-14H,3-11,16H2,1-2H3,(H,17,20). The van der Waals surface area contributed by atoms with Crippen LogP contribution in [0.4, 0.5) is 0 Å². The second kappa shape index (κ2) is 8.08. The number of ether oxygens (including phenoxy) is 1. The normalized spacial score (nSPS) is 26.2. The van der Waals surface area contributed by atoms with E-state index in [-0.39, 0.29) is 18.0 Å². The van der Waals surface area contributed by atoms with Crippen molar-refractivity contribution in [3.63, 3.8) is 0 Å². The summed E-state index contributed by atoms with van der Waals surface area (Å²) in [4.78, 5) is 16.9. The van der Waals surface area contributed by atoms with E-state index in [0.717, 1.165) is 39.4 Å². The Labute approximate surface area is 128 Å². The number of nitrogens with two attached hydrogens (primary N) is 1. The molecule has 3 N–H and O–H groups in total. The van der Waals surface area contributed by atoms with Gasteiger partial charge in [0.05, 0.1) is 13.2 Å². The van der Waals surface area contributed by atoms with Crippen molar-refractivity contribution in [2.24, 2.45) is 5.73 Å². The van der Waals surface area contributed by atoms with E-state index in [4.69, 9.17) is 10.5 Å². The van der Waals surface area contributed by atoms with Crippen molar-refractivity contribution in [2.45, 2.75) is 44.8 Å². The lowest BCUT2D eigenvalue weighted by Gasteiger charge is -2.33. The van der Waals surface area contributed by atoms with Crippen LogP contribution in [0.5, 0.6) is 0 Å². The average Bonchev–Trinajstić information content (AvgIpc) is 2.94. The van der Waals surface area contributed by atoms with Gasteiger partial charge >= 0.3 is 0 Å². The Morgan fingerprint density at radius 3 is 2.67 bits per heavy atom. The van der Waals surface area contributed by atoms with Crippen LogP contribution in [-0.4, -0.2) is 79.8 Å². The Kier molecular flexibility index (Phi) is 6.41. The highest BCUT2D eigenvalue weighted by Crippen LogP contribution is 2.20. The number of nitrogens with one attached hydrogen (secondary N) is 1. The summed E-state index contributed by atoms with van der Waals surface area (Å²) < 4.78 is 5.42. The first-order chi connectivity index (χ1) is 10.1. The number of likely N-dealkylation sites (tertiary alicyclic amines) is 1. The molecular formula is C15H30N4O2. The second-order valence-electron chi connectivity index (χ2n) is 6.40. The van der Waals surface area contributed by atoms with Crippen molar-refractivity contribution in [3.05, 3.63) is 0 Å². The number of nitrogens with zero attached hydrogens (tertiary/aromatic N) is 2. The molecule has 2 unspecified atom stereocenters. The van der Waals surface area contributed by atoms with Gasteiger partial charge in [-0.15, -0.1) is 0 Å². The van der Waals surface area contributed by atoms with E-state index in [9.17, 15) is 4.79 Å². The largest absolute Gasteiger partial charge is 0.379 e.